The van der Waals surface area contributed by atoms with Crippen LogP contribution in [0.1, 0.15) is 23.7 Å². The van der Waals surface area contributed by atoms with Crippen LogP contribution in [0, 0.1) is 10.1 Å². The number of hydrogen-bond donors (Lipinski definition) is 2. The molecule has 1 aromatic heterocycles. The maximum atomic E-state index is 11.7. The van der Waals surface area contributed by atoms with Crippen molar-refractivity contribution in [1.82, 2.24) is 9.97 Å². The number of aromatic nitrogens is 2. The molecule has 0 radical (unpaired) electrons. The highest BCUT2D eigenvalue weighted by Crippen LogP contribution is 2.30. The molecule has 0 aliphatic heterocycles. The first-order valence-electron chi connectivity index (χ1n) is 9.10. The SMILES string of the molecule is CCOc1cc(/C=C\c2[nH]c(=O)[nH]c(=O)c2[N+](=O)[O-])ccc1OCc1ccccc1. The van der Waals surface area contributed by atoms with Crippen molar-refractivity contribution in [3.63, 3.8) is 0 Å². The summed E-state index contributed by atoms with van der Waals surface area (Å²) in [5, 5.41) is 11.1. The number of benzene rings is 2. The first-order chi connectivity index (χ1) is 14.5. The van der Waals surface area contributed by atoms with E-state index < -0.39 is 21.9 Å². The van der Waals surface area contributed by atoms with Crippen LogP contribution < -0.4 is 20.7 Å². The standard InChI is InChI=1S/C21H19N3O6/c1-2-29-18-12-14(9-11-17(18)30-13-15-6-4-3-5-7-15)8-10-16-19(24(27)28)20(25)23-21(26)22-16/h3-12H,2,13H2,1H3,(H2,22,23,25,26)/b10-8-. The highest BCUT2D eigenvalue weighted by molar-refractivity contribution is 5.72. The van der Waals surface area contributed by atoms with Crippen LogP contribution in [0.15, 0.2) is 58.1 Å². The fraction of sp³-hybridized carbons (Fsp3) is 0.143. The molecule has 154 valence electrons. The number of nitro groups is 1. The maximum Gasteiger partial charge on any atom is 0.357 e. The Hall–Kier alpha value is -4.14. The molecule has 2 aromatic carbocycles. The molecule has 0 aliphatic rings. The van der Waals surface area contributed by atoms with E-state index in [4.69, 9.17) is 9.47 Å². The molecule has 0 amide bonds. The smallest absolute Gasteiger partial charge is 0.357 e. The molecule has 0 saturated carbocycles. The molecule has 9 heteroatoms. The zero-order valence-electron chi connectivity index (χ0n) is 16.1. The van der Waals surface area contributed by atoms with Gasteiger partial charge < -0.3 is 14.5 Å². The molecule has 0 atom stereocenters. The van der Waals surface area contributed by atoms with Crippen LogP contribution in [0.25, 0.3) is 12.2 Å². The Morgan fingerprint density at radius 1 is 1.00 bits per heavy atom. The summed E-state index contributed by atoms with van der Waals surface area (Å²) in [6.07, 6.45) is 2.82. The molecule has 0 spiro atoms. The van der Waals surface area contributed by atoms with Crippen molar-refractivity contribution < 1.29 is 14.4 Å². The van der Waals surface area contributed by atoms with Gasteiger partial charge in [-0.25, -0.2) is 4.79 Å². The number of nitrogens with zero attached hydrogens (tertiary/aromatic N) is 1. The number of rotatable bonds is 8. The minimum absolute atomic E-state index is 0.198. The lowest BCUT2D eigenvalue weighted by molar-refractivity contribution is -0.386. The van der Waals surface area contributed by atoms with Crippen LogP contribution in [0.2, 0.25) is 0 Å². The van der Waals surface area contributed by atoms with Crippen LogP contribution in [0.5, 0.6) is 11.5 Å². The molecule has 9 nitrogen and oxygen atoms in total. The molecule has 2 N–H and O–H groups in total. The van der Waals surface area contributed by atoms with Gasteiger partial charge in [0.2, 0.25) is 0 Å². The van der Waals surface area contributed by atoms with E-state index in [-0.39, 0.29) is 5.69 Å². The van der Waals surface area contributed by atoms with Crippen LogP contribution in [-0.2, 0) is 6.61 Å². The molecular weight excluding hydrogens is 390 g/mol. The summed E-state index contributed by atoms with van der Waals surface area (Å²) >= 11 is 0. The Morgan fingerprint density at radius 3 is 2.47 bits per heavy atom. The normalized spacial score (nSPS) is 10.8. The second-order valence-electron chi connectivity index (χ2n) is 6.17. The number of nitrogens with one attached hydrogen (secondary N) is 2. The Bertz CT molecular complexity index is 1180. The Kier molecular flexibility index (Phi) is 6.43. The van der Waals surface area contributed by atoms with E-state index in [1.807, 2.05) is 42.2 Å². The highest BCUT2D eigenvalue weighted by Gasteiger charge is 2.18. The molecule has 0 unspecified atom stereocenters. The van der Waals surface area contributed by atoms with Crippen molar-refractivity contribution >= 4 is 17.8 Å². The van der Waals surface area contributed by atoms with Gasteiger partial charge in [0.15, 0.2) is 11.5 Å². The van der Waals surface area contributed by atoms with Gasteiger partial charge in [0.1, 0.15) is 12.3 Å². The zero-order chi connectivity index (χ0) is 21.5. The van der Waals surface area contributed by atoms with Gasteiger partial charge in [-0.1, -0.05) is 42.5 Å². The summed E-state index contributed by atoms with van der Waals surface area (Å²) in [6, 6.07) is 14.8. The largest absolute Gasteiger partial charge is 0.490 e. The van der Waals surface area contributed by atoms with Crippen molar-refractivity contribution in [2.75, 3.05) is 6.61 Å². The van der Waals surface area contributed by atoms with Crippen molar-refractivity contribution in [2.24, 2.45) is 0 Å². The van der Waals surface area contributed by atoms with Gasteiger partial charge in [-0.2, -0.15) is 0 Å². The lowest BCUT2D eigenvalue weighted by Gasteiger charge is -2.12. The first kappa shape index (κ1) is 20.6. The molecule has 1 heterocycles. The van der Waals surface area contributed by atoms with Crippen molar-refractivity contribution in [3.8, 4) is 11.5 Å². The van der Waals surface area contributed by atoms with Crippen LogP contribution in [0.3, 0.4) is 0 Å². The molecule has 3 aromatic rings. The summed E-state index contributed by atoms with van der Waals surface area (Å²) in [5.41, 5.74) is -1.18. The van der Waals surface area contributed by atoms with Gasteiger partial charge in [-0.15, -0.1) is 0 Å². The van der Waals surface area contributed by atoms with E-state index in [0.717, 1.165) is 5.56 Å². The lowest BCUT2D eigenvalue weighted by atomic mass is 10.1. The Balaban J connectivity index is 1.87. The van der Waals surface area contributed by atoms with E-state index in [0.29, 0.717) is 30.3 Å². The van der Waals surface area contributed by atoms with Crippen molar-refractivity contribution in [2.45, 2.75) is 13.5 Å². The van der Waals surface area contributed by atoms with E-state index in [1.54, 1.807) is 18.2 Å². The van der Waals surface area contributed by atoms with Gasteiger partial charge >= 0.3 is 16.9 Å². The van der Waals surface area contributed by atoms with E-state index >= 15 is 0 Å². The van der Waals surface area contributed by atoms with E-state index in [9.17, 15) is 19.7 Å². The Labute approximate surface area is 170 Å². The predicted molar refractivity (Wildman–Crippen MR) is 112 cm³/mol. The molecular formula is C21H19N3O6. The molecule has 0 fully saturated rings. The second kappa shape index (κ2) is 9.37. The number of hydrogen-bond acceptors (Lipinski definition) is 6. The highest BCUT2D eigenvalue weighted by atomic mass is 16.6. The molecule has 30 heavy (non-hydrogen) atoms. The second-order valence-corrected chi connectivity index (χ2v) is 6.17. The zero-order valence-corrected chi connectivity index (χ0v) is 16.1. The summed E-state index contributed by atoms with van der Waals surface area (Å²) in [5.74, 6) is 1.05. The van der Waals surface area contributed by atoms with Gasteiger partial charge in [0, 0.05) is 0 Å². The van der Waals surface area contributed by atoms with E-state index in [1.165, 1.54) is 12.2 Å². The third-order valence-corrected chi connectivity index (χ3v) is 4.08. The van der Waals surface area contributed by atoms with Crippen molar-refractivity contribution in [1.29, 1.82) is 0 Å². The fourth-order valence-corrected chi connectivity index (χ4v) is 2.73. The topological polar surface area (TPSA) is 127 Å². The quantitative estimate of drug-likeness (QED) is 0.435. The molecule has 0 aliphatic carbocycles. The number of H-pyrrole nitrogens is 2. The maximum absolute atomic E-state index is 11.7. The lowest BCUT2D eigenvalue weighted by Crippen LogP contribution is -2.25. The van der Waals surface area contributed by atoms with Gasteiger partial charge in [0.25, 0.3) is 0 Å². The summed E-state index contributed by atoms with van der Waals surface area (Å²) in [4.78, 5) is 37.6. The first-order valence-corrected chi connectivity index (χ1v) is 9.10. The van der Waals surface area contributed by atoms with Crippen molar-refractivity contribution in [3.05, 3.63) is 96.3 Å². The molecule has 3 rings (SSSR count). The van der Waals surface area contributed by atoms with E-state index in [2.05, 4.69) is 4.98 Å². The van der Waals surface area contributed by atoms with Gasteiger partial charge in [0.05, 0.1) is 11.5 Å². The number of aromatic amines is 2. The number of ether oxygens (including phenoxy) is 2. The monoisotopic (exact) mass is 409 g/mol. The summed E-state index contributed by atoms with van der Waals surface area (Å²) in [6.45, 7) is 2.63. The third-order valence-electron chi connectivity index (χ3n) is 4.08. The summed E-state index contributed by atoms with van der Waals surface area (Å²) in [7, 11) is 0. The molecule has 0 bridgehead atoms. The predicted octanol–water partition coefficient (Wildman–Crippen LogP) is 3.12. The van der Waals surface area contributed by atoms with Crippen LogP contribution in [-0.4, -0.2) is 21.5 Å². The van der Waals surface area contributed by atoms with Gasteiger partial charge in [-0.05, 0) is 36.3 Å². The average Bonchev–Trinajstić information content (AvgIpc) is 2.71. The minimum atomic E-state index is -1.07. The summed E-state index contributed by atoms with van der Waals surface area (Å²) < 4.78 is 11.5. The van der Waals surface area contributed by atoms with Gasteiger partial charge in [-0.3, -0.25) is 19.9 Å². The third kappa shape index (κ3) is 5.02. The Morgan fingerprint density at radius 2 is 1.77 bits per heavy atom. The van der Waals surface area contributed by atoms with Crippen LogP contribution in [0.4, 0.5) is 5.69 Å². The average molecular weight is 409 g/mol. The minimum Gasteiger partial charge on any atom is -0.490 e. The molecule has 0 saturated heterocycles. The van der Waals surface area contributed by atoms with Crippen LogP contribution >= 0.6 is 0 Å². The fourth-order valence-electron chi connectivity index (χ4n) is 2.73.